The Labute approximate surface area is 279 Å². The Morgan fingerprint density at radius 2 is 0.595 bits per heavy atom. The maximum atomic E-state index is 3.73. The van der Waals surface area contributed by atoms with Crippen LogP contribution in [0.4, 0.5) is 0 Å². The smallest absolute Gasteiger partial charge is 0.0566 e. The van der Waals surface area contributed by atoms with Crippen LogP contribution in [0.5, 0.6) is 0 Å². The topological polar surface area (TPSA) is 0 Å². The summed E-state index contributed by atoms with van der Waals surface area (Å²) in [6.45, 7) is 0. The third kappa shape index (κ3) is 3.56. The van der Waals surface area contributed by atoms with Crippen molar-refractivity contribution in [1.82, 2.24) is 0 Å². The first-order chi connectivity index (χ1) is 20.4. The molecule has 0 amide bonds. The Hall–Kier alpha value is -2.76. The predicted octanol–water partition coefficient (Wildman–Crippen LogP) is 12.1. The molecule has 202 valence electrons. The third-order valence-electron chi connectivity index (χ3n) is 9.15. The van der Waals surface area contributed by atoms with Gasteiger partial charge in [-0.1, -0.05) is 149 Å². The summed E-state index contributed by atoms with van der Waals surface area (Å²) in [7, 11) is 0. The Balaban J connectivity index is 1.67. The van der Waals surface area contributed by atoms with Gasteiger partial charge in [-0.15, -0.1) is 0 Å². The molecule has 4 heteroatoms. The maximum absolute atomic E-state index is 3.73. The summed E-state index contributed by atoms with van der Waals surface area (Å²) in [6.07, 6.45) is 4.52. The van der Waals surface area contributed by atoms with Crippen molar-refractivity contribution in [3.05, 3.63) is 184 Å². The first-order valence-corrected chi connectivity index (χ1v) is 16.9. The summed E-state index contributed by atoms with van der Waals surface area (Å²) in [5.41, 5.74) is 9.05. The predicted molar refractivity (Wildman–Crippen MR) is 189 cm³/mol. The fraction of sp³-hybridized carbons (Fsp3) is 0.0526. The SMILES string of the molecule is Brc1ccc(C2(c3ccc(Br)cc3)c3ccc4c5c(ccc(c35)C2(c2ccc(Br)cc2)c2ccc(Br)cc2)C=C4)cc1. The molecule has 0 spiro atoms. The Bertz CT molecular complexity index is 1800. The van der Waals surface area contributed by atoms with E-state index in [2.05, 4.69) is 197 Å². The van der Waals surface area contributed by atoms with Gasteiger partial charge in [0.2, 0.25) is 0 Å². The normalized spacial score (nSPS) is 15.4. The standard InChI is InChI=1S/C38H22Br4/c39-29-13-5-25(6-14-29)37(26-7-15-30(40)16-8-26)33-21-3-23-1-2-24-4-22-34(36(33)35(23)24)38(37,27-9-17-31(41)18-10-27)28-11-19-32(42)20-12-28/h1-22H. The number of hydrogen-bond donors (Lipinski definition) is 0. The summed E-state index contributed by atoms with van der Waals surface area (Å²) >= 11 is 14.9. The van der Waals surface area contributed by atoms with E-state index in [0.29, 0.717) is 0 Å². The van der Waals surface area contributed by atoms with E-state index in [1.807, 2.05) is 0 Å². The van der Waals surface area contributed by atoms with Gasteiger partial charge in [0, 0.05) is 17.9 Å². The van der Waals surface area contributed by atoms with Crippen molar-refractivity contribution in [1.29, 1.82) is 0 Å². The minimum atomic E-state index is -0.585. The van der Waals surface area contributed by atoms with Crippen molar-refractivity contribution in [2.75, 3.05) is 0 Å². The van der Waals surface area contributed by atoms with E-state index < -0.39 is 10.8 Å². The number of hydrogen-bond acceptors (Lipinski definition) is 0. The minimum absolute atomic E-state index is 0.585. The monoisotopic (exact) mass is 794 g/mol. The van der Waals surface area contributed by atoms with E-state index >= 15 is 0 Å². The molecular formula is C38H22Br4. The minimum Gasteiger partial charge on any atom is -0.0566 e. The average Bonchev–Trinajstić information content (AvgIpc) is 3.54. The van der Waals surface area contributed by atoms with Gasteiger partial charge in [0.25, 0.3) is 0 Å². The maximum Gasteiger partial charge on any atom is 0.0635 e. The van der Waals surface area contributed by atoms with Crippen molar-refractivity contribution >= 4 is 86.6 Å². The zero-order valence-electron chi connectivity index (χ0n) is 22.2. The molecule has 0 aliphatic heterocycles. The van der Waals surface area contributed by atoms with Gasteiger partial charge in [-0.3, -0.25) is 0 Å². The lowest BCUT2D eigenvalue weighted by atomic mass is 9.50. The molecule has 0 bridgehead atoms. The molecule has 0 saturated carbocycles. The fourth-order valence-corrected chi connectivity index (χ4v) is 8.71. The summed E-state index contributed by atoms with van der Waals surface area (Å²) in [6, 6.07) is 45.4. The molecular weight excluding hydrogens is 776 g/mol. The second kappa shape index (κ2) is 9.89. The lowest BCUT2D eigenvalue weighted by Gasteiger charge is -2.50. The molecule has 0 aromatic heterocycles. The van der Waals surface area contributed by atoms with E-state index in [0.717, 1.165) is 17.9 Å². The van der Waals surface area contributed by atoms with Gasteiger partial charge in [0.05, 0.1) is 10.8 Å². The summed E-state index contributed by atoms with van der Waals surface area (Å²) in [5, 5.41) is 2.70. The van der Waals surface area contributed by atoms with E-state index in [9.17, 15) is 0 Å². The largest absolute Gasteiger partial charge is 0.0635 e. The highest BCUT2D eigenvalue weighted by molar-refractivity contribution is 9.11. The van der Waals surface area contributed by atoms with Crippen LogP contribution in [0.15, 0.2) is 139 Å². The number of halogens is 4. The van der Waals surface area contributed by atoms with Gasteiger partial charge in [-0.05, 0) is 104 Å². The van der Waals surface area contributed by atoms with Crippen LogP contribution < -0.4 is 0 Å². The van der Waals surface area contributed by atoms with Crippen molar-refractivity contribution < 1.29 is 0 Å². The van der Waals surface area contributed by atoms with Crippen LogP contribution >= 0.6 is 63.7 Å². The van der Waals surface area contributed by atoms with Gasteiger partial charge in [0.1, 0.15) is 0 Å². The molecule has 0 radical (unpaired) electrons. The zero-order valence-corrected chi connectivity index (χ0v) is 28.6. The molecule has 2 aliphatic carbocycles. The lowest BCUT2D eigenvalue weighted by molar-refractivity contribution is 0.442. The summed E-state index contributed by atoms with van der Waals surface area (Å²) in [4.78, 5) is 0. The molecule has 0 atom stereocenters. The molecule has 42 heavy (non-hydrogen) atoms. The van der Waals surface area contributed by atoms with Crippen molar-refractivity contribution in [3.8, 4) is 0 Å². The molecule has 0 fully saturated rings. The molecule has 0 N–H and O–H groups in total. The second-order valence-electron chi connectivity index (χ2n) is 11.0. The van der Waals surface area contributed by atoms with Crippen LogP contribution in [0.25, 0.3) is 22.9 Å². The Morgan fingerprint density at radius 3 is 0.881 bits per heavy atom. The summed E-state index contributed by atoms with van der Waals surface area (Å²) in [5.74, 6) is 0. The zero-order chi connectivity index (χ0) is 28.6. The van der Waals surface area contributed by atoms with Crippen LogP contribution in [0.3, 0.4) is 0 Å². The van der Waals surface area contributed by atoms with E-state index in [1.165, 1.54) is 55.3 Å². The molecule has 0 nitrogen and oxygen atoms in total. The molecule has 6 aromatic carbocycles. The third-order valence-corrected chi connectivity index (χ3v) is 11.3. The van der Waals surface area contributed by atoms with Gasteiger partial charge >= 0.3 is 0 Å². The van der Waals surface area contributed by atoms with Crippen LogP contribution in [0.1, 0.15) is 44.5 Å². The molecule has 0 heterocycles. The Kier molecular flexibility index (Phi) is 6.32. The van der Waals surface area contributed by atoms with E-state index in [4.69, 9.17) is 0 Å². The van der Waals surface area contributed by atoms with Gasteiger partial charge in [-0.25, -0.2) is 0 Å². The number of rotatable bonds is 4. The number of benzene rings is 6. The molecule has 6 aromatic rings. The quantitative estimate of drug-likeness (QED) is 0.166. The van der Waals surface area contributed by atoms with Crippen LogP contribution in [0.2, 0.25) is 0 Å². The molecule has 2 aliphatic rings. The summed E-state index contributed by atoms with van der Waals surface area (Å²) < 4.78 is 4.26. The van der Waals surface area contributed by atoms with Crippen molar-refractivity contribution in [2.45, 2.75) is 10.8 Å². The fourth-order valence-electron chi connectivity index (χ4n) is 7.66. The van der Waals surface area contributed by atoms with Gasteiger partial charge in [0.15, 0.2) is 0 Å². The Morgan fingerprint density at radius 1 is 0.310 bits per heavy atom. The van der Waals surface area contributed by atoms with Crippen LogP contribution in [-0.2, 0) is 10.8 Å². The van der Waals surface area contributed by atoms with Gasteiger partial charge in [-0.2, -0.15) is 0 Å². The lowest BCUT2D eigenvalue weighted by Crippen LogP contribution is -2.49. The highest BCUT2D eigenvalue weighted by Gasteiger charge is 2.62. The first-order valence-electron chi connectivity index (χ1n) is 13.8. The molecule has 8 rings (SSSR count). The van der Waals surface area contributed by atoms with E-state index in [-0.39, 0.29) is 0 Å². The molecule has 0 unspecified atom stereocenters. The van der Waals surface area contributed by atoms with Crippen LogP contribution in [-0.4, -0.2) is 0 Å². The van der Waals surface area contributed by atoms with Gasteiger partial charge < -0.3 is 0 Å². The van der Waals surface area contributed by atoms with Crippen molar-refractivity contribution in [3.63, 3.8) is 0 Å². The molecule has 0 saturated heterocycles. The second-order valence-corrected chi connectivity index (χ2v) is 14.7. The average molecular weight is 798 g/mol. The van der Waals surface area contributed by atoms with Crippen molar-refractivity contribution in [2.24, 2.45) is 0 Å². The highest BCUT2D eigenvalue weighted by atomic mass is 79.9. The highest BCUT2D eigenvalue weighted by Crippen LogP contribution is 2.67. The first kappa shape index (κ1) is 26.8. The van der Waals surface area contributed by atoms with E-state index in [1.54, 1.807) is 0 Å². The van der Waals surface area contributed by atoms with Crippen LogP contribution in [0, 0.1) is 0 Å².